The second kappa shape index (κ2) is 3.81. The van der Waals surface area contributed by atoms with Crippen molar-refractivity contribution in [3.63, 3.8) is 0 Å². The highest BCUT2D eigenvalue weighted by atomic mass is 32.2. The molecule has 0 amide bonds. The molecule has 0 spiro atoms. The van der Waals surface area contributed by atoms with E-state index in [9.17, 15) is 0 Å². The Balaban J connectivity index is 2.45. The molecular formula is C9H9N7S. The fourth-order valence-electron chi connectivity index (χ4n) is 1.60. The molecule has 86 valence electrons. The van der Waals surface area contributed by atoms with Gasteiger partial charge in [0.05, 0.1) is 6.33 Å². The molecule has 0 unspecified atom stereocenters. The summed E-state index contributed by atoms with van der Waals surface area (Å²) in [6.07, 6.45) is 1.52. The van der Waals surface area contributed by atoms with E-state index in [0.29, 0.717) is 16.9 Å². The van der Waals surface area contributed by atoms with Crippen molar-refractivity contribution >= 4 is 34.1 Å². The summed E-state index contributed by atoms with van der Waals surface area (Å²) in [6, 6.07) is 0. The van der Waals surface area contributed by atoms with Crippen molar-refractivity contribution in [2.75, 3.05) is 5.75 Å². The normalized spacial score (nSPS) is 11.4. The van der Waals surface area contributed by atoms with Crippen molar-refractivity contribution in [3.8, 4) is 0 Å². The summed E-state index contributed by atoms with van der Waals surface area (Å²) in [4.78, 5) is 22.6. The molecule has 0 aliphatic heterocycles. The molecule has 0 saturated heterocycles. The fraction of sp³-hybridized carbons (Fsp3) is 0.222. The van der Waals surface area contributed by atoms with Crippen LogP contribution in [0.3, 0.4) is 0 Å². The maximum atomic E-state index is 7.53. The number of aromatic amines is 2. The van der Waals surface area contributed by atoms with Gasteiger partial charge in [0.1, 0.15) is 11.0 Å². The molecule has 3 rings (SSSR count). The minimum absolute atomic E-state index is 0.0313. The molecule has 0 aliphatic carbocycles. The highest BCUT2D eigenvalue weighted by molar-refractivity contribution is 7.99. The number of hydrogen-bond acceptors (Lipinski definition) is 6. The first-order valence-corrected chi connectivity index (χ1v) is 6.05. The monoisotopic (exact) mass is 247 g/mol. The number of thioether (sulfide) groups is 1. The predicted octanol–water partition coefficient (Wildman–Crippen LogP) is 0.821. The first kappa shape index (κ1) is 10.2. The molecule has 0 bridgehead atoms. The molecular weight excluding hydrogens is 238 g/mol. The zero-order chi connectivity index (χ0) is 11.8. The lowest BCUT2D eigenvalue weighted by Crippen LogP contribution is -2.13. The molecule has 3 aromatic heterocycles. The SMILES string of the molecule is CCSc1nc2nc[nH]c3nc(=N)nc([nH]1)c23. The number of nitrogens with one attached hydrogen (secondary N) is 3. The summed E-state index contributed by atoms with van der Waals surface area (Å²) in [5, 5.41) is 9.01. The first-order chi connectivity index (χ1) is 8.28. The van der Waals surface area contributed by atoms with Crippen LogP contribution in [0, 0.1) is 5.41 Å². The molecule has 3 heterocycles. The standard InChI is InChI=1S/C9H9N7S/c1-2-17-9-15-6-4-5(11-3-12-6)13-8(10)14-7(4)16-9/h3H,2H2,1H3,(H3,10,11,12,13,14,15,16). The number of rotatable bonds is 2. The van der Waals surface area contributed by atoms with E-state index in [1.807, 2.05) is 6.92 Å². The van der Waals surface area contributed by atoms with Crippen LogP contribution in [-0.4, -0.2) is 35.7 Å². The van der Waals surface area contributed by atoms with Crippen LogP contribution in [0.25, 0.3) is 22.3 Å². The van der Waals surface area contributed by atoms with Crippen molar-refractivity contribution in [1.29, 1.82) is 5.41 Å². The maximum absolute atomic E-state index is 7.53. The van der Waals surface area contributed by atoms with E-state index in [4.69, 9.17) is 5.41 Å². The lowest BCUT2D eigenvalue weighted by Gasteiger charge is -2.05. The van der Waals surface area contributed by atoms with Crippen molar-refractivity contribution in [2.45, 2.75) is 12.1 Å². The van der Waals surface area contributed by atoms with E-state index in [1.54, 1.807) is 11.8 Å². The third-order valence-corrected chi connectivity index (χ3v) is 2.99. The summed E-state index contributed by atoms with van der Waals surface area (Å²) in [7, 11) is 0. The summed E-state index contributed by atoms with van der Waals surface area (Å²) in [6.45, 7) is 2.04. The van der Waals surface area contributed by atoms with Gasteiger partial charge in [-0.3, -0.25) is 5.41 Å². The molecule has 3 aromatic rings. The Morgan fingerprint density at radius 1 is 1.29 bits per heavy atom. The molecule has 0 atom stereocenters. The lowest BCUT2D eigenvalue weighted by molar-refractivity contribution is 0.941. The molecule has 3 N–H and O–H groups in total. The average Bonchev–Trinajstić information content (AvgIpc) is 2.28. The van der Waals surface area contributed by atoms with Gasteiger partial charge in [-0.1, -0.05) is 18.7 Å². The van der Waals surface area contributed by atoms with Crippen LogP contribution in [0.1, 0.15) is 6.92 Å². The molecule has 0 radical (unpaired) electrons. The highest BCUT2D eigenvalue weighted by Gasteiger charge is 2.09. The number of hydrogen-bond donors (Lipinski definition) is 3. The summed E-state index contributed by atoms with van der Waals surface area (Å²) < 4.78 is 0. The van der Waals surface area contributed by atoms with E-state index in [1.165, 1.54) is 6.33 Å². The van der Waals surface area contributed by atoms with Gasteiger partial charge in [-0.15, -0.1) is 0 Å². The summed E-state index contributed by atoms with van der Waals surface area (Å²) in [5.41, 5.74) is 1.71. The Kier molecular flexibility index (Phi) is 2.29. The van der Waals surface area contributed by atoms with Gasteiger partial charge >= 0.3 is 0 Å². The van der Waals surface area contributed by atoms with Gasteiger partial charge in [-0.05, 0) is 5.75 Å². The Hall–Kier alpha value is -1.96. The molecule has 0 saturated carbocycles. The van der Waals surface area contributed by atoms with E-state index >= 15 is 0 Å². The van der Waals surface area contributed by atoms with Crippen molar-refractivity contribution in [2.24, 2.45) is 0 Å². The quantitative estimate of drug-likeness (QED) is 0.459. The minimum atomic E-state index is -0.0313. The Morgan fingerprint density at radius 3 is 2.94 bits per heavy atom. The second-order valence-corrected chi connectivity index (χ2v) is 4.57. The number of nitrogens with zero attached hydrogens (tertiary/aromatic N) is 4. The Labute approximate surface area is 99.6 Å². The van der Waals surface area contributed by atoms with Crippen molar-refractivity contribution in [1.82, 2.24) is 29.9 Å². The zero-order valence-corrected chi connectivity index (χ0v) is 9.80. The smallest absolute Gasteiger partial charge is 0.245 e. The van der Waals surface area contributed by atoms with Crippen LogP contribution in [0.15, 0.2) is 11.5 Å². The van der Waals surface area contributed by atoms with E-state index < -0.39 is 0 Å². The van der Waals surface area contributed by atoms with Gasteiger partial charge in [0.15, 0.2) is 16.5 Å². The van der Waals surface area contributed by atoms with Gasteiger partial charge in [0, 0.05) is 0 Å². The highest BCUT2D eigenvalue weighted by Crippen LogP contribution is 2.20. The summed E-state index contributed by atoms with van der Waals surface area (Å²) in [5.74, 6) is 0.905. The van der Waals surface area contributed by atoms with Crippen LogP contribution in [0.4, 0.5) is 0 Å². The van der Waals surface area contributed by atoms with Crippen LogP contribution >= 0.6 is 11.8 Å². The van der Waals surface area contributed by atoms with E-state index in [2.05, 4.69) is 29.9 Å². The first-order valence-electron chi connectivity index (χ1n) is 5.06. The number of H-pyrrole nitrogens is 2. The van der Waals surface area contributed by atoms with Crippen LogP contribution < -0.4 is 5.62 Å². The maximum Gasteiger partial charge on any atom is 0.245 e. The average molecular weight is 247 g/mol. The molecule has 0 aliphatic rings. The minimum Gasteiger partial charge on any atom is -0.330 e. The molecule has 7 nitrogen and oxygen atoms in total. The molecule has 17 heavy (non-hydrogen) atoms. The largest absolute Gasteiger partial charge is 0.330 e. The van der Waals surface area contributed by atoms with E-state index in [0.717, 1.165) is 16.3 Å². The van der Waals surface area contributed by atoms with Gasteiger partial charge in [-0.2, -0.15) is 9.97 Å². The van der Waals surface area contributed by atoms with Crippen LogP contribution in [0.5, 0.6) is 0 Å². The van der Waals surface area contributed by atoms with Crippen molar-refractivity contribution in [3.05, 3.63) is 11.9 Å². The molecule has 0 aromatic carbocycles. The predicted molar refractivity (Wildman–Crippen MR) is 63.6 cm³/mol. The third kappa shape index (κ3) is 1.66. The van der Waals surface area contributed by atoms with Gasteiger partial charge < -0.3 is 9.97 Å². The topological polar surface area (TPSA) is 107 Å². The lowest BCUT2D eigenvalue weighted by atomic mass is 10.3. The summed E-state index contributed by atoms with van der Waals surface area (Å²) >= 11 is 1.57. The fourth-order valence-corrected chi connectivity index (χ4v) is 2.20. The molecule has 8 heteroatoms. The zero-order valence-electron chi connectivity index (χ0n) is 8.98. The Morgan fingerprint density at radius 2 is 2.12 bits per heavy atom. The number of aromatic nitrogens is 6. The Bertz CT molecular complexity index is 744. The third-order valence-electron chi connectivity index (χ3n) is 2.23. The van der Waals surface area contributed by atoms with Gasteiger partial charge in [-0.25, -0.2) is 9.97 Å². The van der Waals surface area contributed by atoms with Gasteiger partial charge in [0.25, 0.3) is 0 Å². The molecule has 0 fully saturated rings. The van der Waals surface area contributed by atoms with Crippen LogP contribution in [0.2, 0.25) is 0 Å². The second-order valence-electron chi connectivity index (χ2n) is 3.32. The van der Waals surface area contributed by atoms with Gasteiger partial charge in [0.2, 0.25) is 5.62 Å². The van der Waals surface area contributed by atoms with E-state index in [-0.39, 0.29) is 5.62 Å². The van der Waals surface area contributed by atoms with Crippen LogP contribution in [-0.2, 0) is 0 Å². The van der Waals surface area contributed by atoms with Crippen molar-refractivity contribution < 1.29 is 0 Å².